The van der Waals surface area contributed by atoms with Crippen molar-refractivity contribution in [2.24, 2.45) is 0 Å². The molecule has 2 heterocycles. The lowest BCUT2D eigenvalue weighted by molar-refractivity contribution is 0.279. The van der Waals surface area contributed by atoms with Crippen molar-refractivity contribution in [3.63, 3.8) is 0 Å². The molecule has 0 bridgehead atoms. The number of thiophene rings is 1. The third-order valence-corrected chi connectivity index (χ3v) is 5.55. The van der Waals surface area contributed by atoms with Crippen LogP contribution in [0.25, 0.3) is 10.1 Å². The summed E-state index contributed by atoms with van der Waals surface area (Å²) in [6, 6.07) is 12.5. The van der Waals surface area contributed by atoms with Crippen molar-refractivity contribution >= 4 is 21.4 Å². The number of aryl methyl sites for hydroxylation is 1. The summed E-state index contributed by atoms with van der Waals surface area (Å²) in [5, 5.41) is 11.4. The van der Waals surface area contributed by atoms with E-state index in [2.05, 4.69) is 49.1 Å². The maximum atomic E-state index is 10.1. The van der Waals surface area contributed by atoms with Crippen LogP contribution < -0.4 is 0 Å². The molecule has 2 aromatic heterocycles. The number of fused-ring (bicyclic) bond motifs is 1. The Balaban J connectivity index is 2.13. The van der Waals surface area contributed by atoms with Gasteiger partial charge in [-0.25, -0.2) is 0 Å². The Morgan fingerprint density at radius 2 is 2.04 bits per heavy atom. The van der Waals surface area contributed by atoms with E-state index in [9.17, 15) is 5.11 Å². The first kappa shape index (κ1) is 17.1. The van der Waals surface area contributed by atoms with Crippen molar-refractivity contribution in [1.82, 2.24) is 9.88 Å². The first-order valence-corrected chi connectivity index (χ1v) is 9.10. The topological polar surface area (TPSA) is 36.4 Å². The lowest BCUT2D eigenvalue weighted by Gasteiger charge is -2.17. The highest BCUT2D eigenvalue weighted by Crippen LogP contribution is 2.39. The molecule has 0 amide bonds. The molecule has 0 saturated carbocycles. The molecular formula is C20H24N2OS. The van der Waals surface area contributed by atoms with Gasteiger partial charge in [0.1, 0.15) is 0 Å². The van der Waals surface area contributed by atoms with Crippen molar-refractivity contribution in [2.75, 3.05) is 27.2 Å². The number of hydrogen-bond acceptors (Lipinski definition) is 4. The fourth-order valence-electron chi connectivity index (χ4n) is 3.08. The van der Waals surface area contributed by atoms with Crippen LogP contribution in [0.2, 0.25) is 0 Å². The second-order valence-electron chi connectivity index (χ2n) is 6.48. The molecular weight excluding hydrogens is 316 g/mol. The molecule has 126 valence electrons. The summed E-state index contributed by atoms with van der Waals surface area (Å²) in [5.74, 6) is -0.0696. The van der Waals surface area contributed by atoms with Crippen LogP contribution in [0.15, 0.2) is 42.6 Å². The zero-order valence-electron chi connectivity index (χ0n) is 14.5. The zero-order chi connectivity index (χ0) is 17.1. The molecule has 1 N–H and O–H groups in total. The molecule has 0 radical (unpaired) electrons. The first-order chi connectivity index (χ1) is 11.6. The number of aliphatic hydroxyl groups is 1. The van der Waals surface area contributed by atoms with Gasteiger partial charge in [-0.15, -0.1) is 11.3 Å². The summed E-state index contributed by atoms with van der Waals surface area (Å²) in [5.41, 5.74) is 3.46. The largest absolute Gasteiger partial charge is 0.395 e. The molecule has 1 aromatic carbocycles. The van der Waals surface area contributed by atoms with Crippen LogP contribution in [0.4, 0.5) is 0 Å². The van der Waals surface area contributed by atoms with Gasteiger partial charge in [-0.05, 0) is 62.2 Å². The number of likely N-dealkylation sites (N-methyl/N-ethyl adjacent to an activating group) is 1. The van der Waals surface area contributed by atoms with Crippen molar-refractivity contribution in [3.05, 3.63) is 64.3 Å². The summed E-state index contributed by atoms with van der Waals surface area (Å²) < 4.78 is 1.30. The average molecular weight is 340 g/mol. The molecule has 3 aromatic rings. The Hall–Kier alpha value is -1.75. The highest BCUT2D eigenvalue weighted by atomic mass is 32.1. The summed E-state index contributed by atoms with van der Waals surface area (Å²) in [7, 11) is 4.19. The average Bonchev–Trinajstić information content (AvgIpc) is 2.92. The zero-order valence-corrected chi connectivity index (χ0v) is 15.3. The molecule has 0 spiro atoms. The van der Waals surface area contributed by atoms with E-state index < -0.39 is 0 Å². The minimum absolute atomic E-state index is 0.0696. The van der Waals surface area contributed by atoms with Crippen LogP contribution in [-0.2, 0) is 6.42 Å². The first-order valence-electron chi connectivity index (χ1n) is 8.28. The Bertz CT molecular complexity index is 811. The molecule has 1 atom stereocenters. The van der Waals surface area contributed by atoms with Gasteiger partial charge in [0.05, 0.1) is 18.2 Å². The molecule has 0 aliphatic heterocycles. The van der Waals surface area contributed by atoms with Crippen molar-refractivity contribution < 1.29 is 5.11 Å². The lowest BCUT2D eigenvalue weighted by atomic mass is 9.92. The number of hydrogen-bond donors (Lipinski definition) is 1. The van der Waals surface area contributed by atoms with Crippen LogP contribution >= 0.6 is 11.3 Å². The van der Waals surface area contributed by atoms with E-state index in [-0.39, 0.29) is 12.5 Å². The fraction of sp³-hybridized carbons (Fsp3) is 0.350. The number of aromatic nitrogens is 1. The fourth-order valence-corrected chi connectivity index (χ4v) is 4.44. The monoisotopic (exact) mass is 340 g/mol. The number of pyridine rings is 1. The third kappa shape index (κ3) is 3.51. The molecule has 3 rings (SSSR count). The highest BCUT2D eigenvalue weighted by molar-refractivity contribution is 7.19. The van der Waals surface area contributed by atoms with Crippen LogP contribution in [0.3, 0.4) is 0 Å². The van der Waals surface area contributed by atoms with Crippen molar-refractivity contribution in [2.45, 2.75) is 19.3 Å². The molecule has 0 fully saturated rings. The van der Waals surface area contributed by atoms with E-state index >= 15 is 0 Å². The van der Waals surface area contributed by atoms with E-state index in [1.165, 1.54) is 26.1 Å². The van der Waals surface area contributed by atoms with E-state index in [4.69, 9.17) is 0 Å². The second kappa shape index (κ2) is 7.43. The molecule has 4 heteroatoms. The number of rotatable bonds is 6. The normalized spacial score (nSPS) is 12.9. The molecule has 0 aliphatic carbocycles. The van der Waals surface area contributed by atoms with Crippen LogP contribution in [-0.4, -0.2) is 42.2 Å². The minimum atomic E-state index is -0.0696. The number of benzene rings is 1. The molecule has 0 aliphatic rings. The SMILES string of the molecule is Cc1ccc2c(C(CO)c3ccccn3)c(CCN(C)C)sc2c1. The van der Waals surface area contributed by atoms with Crippen molar-refractivity contribution in [3.8, 4) is 0 Å². The van der Waals surface area contributed by atoms with E-state index in [0.717, 1.165) is 18.7 Å². The van der Waals surface area contributed by atoms with Gasteiger partial charge in [-0.2, -0.15) is 0 Å². The Kier molecular flexibility index (Phi) is 5.29. The minimum Gasteiger partial charge on any atom is -0.395 e. The summed E-state index contributed by atoms with van der Waals surface area (Å²) in [6.07, 6.45) is 2.79. The smallest absolute Gasteiger partial charge is 0.0556 e. The molecule has 1 unspecified atom stereocenters. The van der Waals surface area contributed by atoms with Gasteiger partial charge in [-0.3, -0.25) is 4.98 Å². The molecule has 3 nitrogen and oxygen atoms in total. The van der Waals surface area contributed by atoms with Gasteiger partial charge in [0.15, 0.2) is 0 Å². The summed E-state index contributed by atoms with van der Waals surface area (Å²) in [4.78, 5) is 8.06. The van der Waals surface area contributed by atoms with Crippen LogP contribution in [0.5, 0.6) is 0 Å². The maximum Gasteiger partial charge on any atom is 0.0556 e. The lowest BCUT2D eigenvalue weighted by Crippen LogP contribution is -2.16. The predicted molar refractivity (Wildman–Crippen MR) is 102 cm³/mol. The number of aliphatic hydroxyl groups excluding tert-OH is 1. The van der Waals surface area contributed by atoms with Gasteiger partial charge in [0, 0.05) is 22.3 Å². The van der Waals surface area contributed by atoms with Gasteiger partial charge in [0.2, 0.25) is 0 Å². The Labute approximate surface area is 147 Å². The standard InChI is InChI=1S/C20H24N2OS/c1-14-7-8-15-19(12-14)24-18(9-11-22(2)3)20(15)16(13-23)17-6-4-5-10-21-17/h4-8,10,12,16,23H,9,11,13H2,1-3H3. The van der Waals surface area contributed by atoms with Gasteiger partial charge < -0.3 is 10.0 Å². The Morgan fingerprint density at radius 3 is 2.71 bits per heavy atom. The van der Waals surface area contributed by atoms with Gasteiger partial charge >= 0.3 is 0 Å². The quantitative estimate of drug-likeness (QED) is 0.741. The van der Waals surface area contributed by atoms with Crippen LogP contribution in [0.1, 0.15) is 27.6 Å². The summed E-state index contributed by atoms with van der Waals surface area (Å²) in [6.45, 7) is 3.20. The van der Waals surface area contributed by atoms with E-state index in [0.29, 0.717) is 0 Å². The van der Waals surface area contributed by atoms with E-state index in [1.807, 2.05) is 29.5 Å². The Morgan fingerprint density at radius 1 is 1.21 bits per heavy atom. The summed E-state index contributed by atoms with van der Waals surface area (Å²) >= 11 is 1.85. The third-order valence-electron chi connectivity index (χ3n) is 4.32. The van der Waals surface area contributed by atoms with Gasteiger partial charge in [-0.1, -0.05) is 18.2 Å². The molecule has 24 heavy (non-hydrogen) atoms. The number of nitrogens with zero attached hydrogens (tertiary/aromatic N) is 2. The van der Waals surface area contributed by atoms with E-state index in [1.54, 1.807) is 6.20 Å². The second-order valence-corrected chi connectivity index (χ2v) is 7.62. The maximum absolute atomic E-state index is 10.1. The van der Waals surface area contributed by atoms with Gasteiger partial charge in [0.25, 0.3) is 0 Å². The predicted octanol–water partition coefficient (Wildman–Crippen LogP) is 3.83. The molecule has 0 saturated heterocycles. The highest BCUT2D eigenvalue weighted by Gasteiger charge is 2.23. The van der Waals surface area contributed by atoms with Crippen molar-refractivity contribution in [1.29, 1.82) is 0 Å². The van der Waals surface area contributed by atoms with Crippen LogP contribution in [0, 0.1) is 6.92 Å².